The topological polar surface area (TPSA) is 46.3 Å². The number of aryl methyl sites for hydroxylation is 1. The maximum Gasteiger partial charge on any atom is 0.258 e. The molecular weight excluding hydrogens is 255 g/mol. The fourth-order valence-corrected chi connectivity index (χ4v) is 2.12. The molecule has 0 bridgehead atoms. The Morgan fingerprint density at radius 3 is 2.55 bits per heavy atom. The Labute approximate surface area is 117 Å². The van der Waals surface area contributed by atoms with Crippen molar-refractivity contribution in [3.05, 3.63) is 59.4 Å². The number of amides is 1. The van der Waals surface area contributed by atoms with Crippen LogP contribution in [0.2, 0.25) is 0 Å². The third-order valence-corrected chi connectivity index (χ3v) is 3.21. The number of nitrogen functional groups attached to an aromatic ring is 1. The highest BCUT2D eigenvalue weighted by Crippen LogP contribution is 2.22. The smallest absolute Gasteiger partial charge is 0.258 e. The number of para-hydroxylation sites is 1. The first kappa shape index (κ1) is 14.1. The van der Waals surface area contributed by atoms with Crippen molar-refractivity contribution < 1.29 is 9.18 Å². The molecule has 0 radical (unpaired) electrons. The number of hydrogen-bond acceptors (Lipinski definition) is 2. The van der Waals surface area contributed by atoms with Crippen molar-refractivity contribution in [2.45, 2.75) is 13.8 Å². The lowest BCUT2D eigenvalue weighted by Gasteiger charge is -2.23. The average Bonchev–Trinajstić information content (AvgIpc) is 2.44. The number of anilines is 2. The molecule has 0 aliphatic carbocycles. The Morgan fingerprint density at radius 2 is 1.95 bits per heavy atom. The molecule has 4 heteroatoms. The quantitative estimate of drug-likeness (QED) is 0.871. The summed E-state index contributed by atoms with van der Waals surface area (Å²) in [4.78, 5) is 14.2. The SMILES string of the molecule is CCN(C(=O)c1ccc(F)c(N)c1)c1ccccc1C. The van der Waals surface area contributed by atoms with Gasteiger partial charge in [0.2, 0.25) is 0 Å². The van der Waals surface area contributed by atoms with E-state index in [-0.39, 0.29) is 11.6 Å². The van der Waals surface area contributed by atoms with Crippen LogP contribution < -0.4 is 10.6 Å². The summed E-state index contributed by atoms with van der Waals surface area (Å²) in [6.07, 6.45) is 0. The molecule has 0 spiro atoms. The van der Waals surface area contributed by atoms with E-state index < -0.39 is 5.82 Å². The maximum absolute atomic E-state index is 13.2. The van der Waals surface area contributed by atoms with Gasteiger partial charge in [-0.15, -0.1) is 0 Å². The Morgan fingerprint density at radius 1 is 1.25 bits per heavy atom. The molecule has 1 amide bonds. The van der Waals surface area contributed by atoms with E-state index in [9.17, 15) is 9.18 Å². The predicted octanol–water partition coefficient (Wildman–Crippen LogP) is 3.38. The van der Waals surface area contributed by atoms with Crippen LogP contribution in [0.3, 0.4) is 0 Å². The summed E-state index contributed by atoms with van der Waals surface area (Å²) in [7, 11) is 0. The number of carbonyl (C=O) groups is 1. The fraction of sp³-hybridized carbons (Fsp3) is 0.188. The Bertz CT molecular complexity index is 640. The predicted molar refractivity (Wildman–Crippen MR) is 79.3 cm³/mol. The van der Waals surface area contributed by atoms with Crippen LogP contribution in [0, 0.1) is 12.7 Å². The van der Waals surface area contributed by atoms with Gasteiger partial charge >= 0.3 is 0 Å². The minimum absolute atomic E-state index is 0.0170. The van der Waals surface area contributed by atoms with E-state index in [1.807, 2.05) is 38.1 Å². The van der Waals surface area contributed by atoms with Crippen molar-refractivity contribution in [1.82, 2.24) is 0 Å². The van der Waals surface area contributed by atoms with Crippen molar-refractivity contribution in [3.63, 3.8) is 0 Å². The first-order chi connectivity index (χ1) is 9.54. The van der Waals surface area contributed by atoms with Crippen molar-refractivity contribution >= 4 is 17.3 Å². The molecule has 104 valence electrons. The van der Waals surface area contributed by atoms with Gasteiger partial charge in [0.05, 0.1) is 5.69 Å². The maximum atomic E-state index is 13.2. The number of hydrogen-bond donors (Lipinski definition) is 1. The molecule has 2 rings (SSSR count). The second kappa shape index (κ2) is 5.74. The minimum Gasteiger partial charge on any atom is -0.396 e. The molecule has 0 heterocycles. The lowest BCUT2D eigenvalue weighted by Crippen LogP contribution is -2.31. The van der Waals surface area contributed by atoms with E-state index >= 15 is 0 Å². The Kier molecular flexibility index (Phi) is 4.03. The molecule has 0 saturated heterocycles. The fourth-order valence-electron chi connectivity index (χ4n) is 2.12. The second-order valence-electron chi connectivity index (χ2n) is 4.57. The van der Waals surface area contributed by atoms with Crippen molar-refractivity contribution in [1.29, 1.82) is 0 Å². The van der Waals surface area contributed by atoms with Gasteiger partial charge in [-0.05, 0) is 43.7 Å². The van der Waals surface area contributed by atoms with Gasteiger partial charge in [0.1, 0.15) is 5.82 Å². The lowest BCUT2D eigenvalue weighted by molar-refractivity contribution is 0.0988. The highest BCUT2D eigenvalue weighted by atomic mass is 19.1. The van der Waals surface area contributed by atoms with Gasteiger partial charge in [0.15, 0.2) is 0 Å². The van der Waals surface area contributed by atoms with Crippen molar-refractivity contribution in [2.75, 3.05) is 17.2 Å². The zero-order valence-corrected chi connectivity index (χ0v) is 11.6. The number of rotatable bonds is 3. The van der Waals surface area contributed by atoms with Crippen LogP contribution >= 0.6 is 0 Å². The molecule has 0 aliphatic heterocycles. The van der Waals surface area contributed by atoms with E-state index in [1.54, 1.807) is 4.90 Å². The van der Waals surface area contributed by atoms with Crippen LogP contribution in [0.25, 0.3) is 0 Å². The summed E-state index contributed by atoms with van der Waals surface area (Å²) < 4.78 is 13.2. The average molecular weight is 272 g/mol. The number of nitrogens with two attached hydrogens (primary N) is 1. The van der Waals surface area contributed by atoms with Crippen LogP contribution in [0.1, 0.15) is 22.8 Å². The van der Waals surface area contributed by atoms with Gasteiger partial charge in [0, 0.05) is 17.8 Å². The molecule has 2 N–H and O–H groups in total. The Balaban J connectivity index is 2.39. The van der Waals surface area contributed by atoms with Gasteiger partial charge in [-0.2, -0.15) is 0 Å². The number of halogens is 1. The summed E-state index contributed by atoms with van der Waals surface area (Å²) >= 11 is 0. The monoisotopic (exact) mass is 272 g/mol. The van der Waals surface area contributed by atoms with Gasteiger partial charge < -0.3 is 10.6 Å². The highest BCUT2D eigenvalue weighted by molar-refractivity contribution is 6.06. The number of benzene rings is 2. The van der Waals surface area contributed by atoms with Crippen molar-refractivity contribution in [2.24, 2.45) is 0 Å². The standard InChI is InChI=1S/C16H17FN2O/c1-3-19(15-7-5-4-6-11(15)2)16(20)12-8-9-13(17)14(18)10-12/h4-10H,3,18H2,1-2H3. The molecule has 0 unspecified atom stereocenters. The van der Waals surface area contributed by atoms with Gasteiger partial charge in [-0.3, -0.25) is 4.79 Å². The molecule has 0 aromatic heterocycles. The molecular formula is C16H17FN2O. The summed E-state index contributed by atoms with van der Waals surface area (Å²) in [5, 5.41) is 0. The Hall–Kier alpha value is -2.36. The molecule has 20 heavy (non-hydrogen) atoms. The number of nitrogens with zero attached hydrogens (tertiary/aromatic N) is 1. The molecule has 0 atom stereocenters. The summed E-state index contributed by atoms with van der Waals surface area (Å²) in [6, 6.07) is 11.7. The van der Waals surface area contributed by atoms with Gasteiger partial charge in [0.25, 0.3) is 5.91 Å². The van der Waals surface area contributed by atoms with Gasteiger partial charge in [-0.1, -0.05) is 18.2 Å². The molecule has 2 aromatic carbocycles. The zero-order valence-electron chi connectivity index (χ0n) is 11.6. The largest absolute Gasteiger partial charge is 0.396 e. The first-order valence-electron chi connectivity index (χ1n) is 6.47. The van der Waals surface area contributed by atoms with E-state index in [0.29, 0.717) is 12.1 Å². The number of carbonyl (C=O) groups excluding carboxylic acids is 1. The normalized spacial score (nSPS) is 10.3. The summed E-state index contributed by atoms with van der Waals surface area (Å²) in [5.74, 6) is -0.700. The second-order valence-corrected chi connectivity index (χ2v) is 4.57. The summed E-state index contributed by atoms with van der Waals surface area (Å²) in [6.45, 7) is 4.38. The molecule has 0 aliphatic rings. The van der Waals surface area contributed by atoms with Crippen LogP contribution in [0.15, 0.2) is 42.5 Å². The highest BCUT2D eigenvalue weighted by Gasteiger charge is 2.18. The van der Waals surface area contributed by atoms with Gasteiger partial charge in [-0.25, -0.2) is 4.39 Å². The molecule has 0 saturated carbocycles. The van der Waals surface area contributed by atoms with E-state index in [1.165, 1.54) is 18.2 Å². The van der Waals surface area contributed by atoms with E-state index in [0.717, 1.165) is 11.3 Å². The third kappa shape index (κ3) is 2.64. The van der Waals surface area contributed by atoms with Crippen LogP contribution in [-0.4, -0.2) is 12.5 Å². The zero-order chi connectivity index (χ0) is 14.7. The molecule has 0 fully saturated rings. The minimum atomic E-state index is -0.513. The third-order valence-electron chi connectivity index (χ3n) is 3.21. The molecule has 2 aromatic rings. The van der Waals surface area contributed by atoms with Crippen molar-refractivity contribution in [3.8, 4) is 0 Å². The van der Waals surface area contributed by atoms with Crippen LogP contribution in [0.5, 0.6) is 0 Å². The van der Waals surface area contributed by atoms with Crippen LogP contribution in [0.4, 0.5) is 15.8 Å². The lowest BCUT2D eigenvalue weighted by atomic mass is 10.1. The van der Waals surface area contributed by atoms with E-state index in [4.69, 9.17) is 5.73 Å². The van der Waals surface area contributed by atoms with E-state index in [2.05, 4.69) is 0 Å². The van der Waals surface area contributed by atoms with Crippen LogP contribution in [-0.2, 0) is 0 Å². The molecule has 3 nitrogen and oxygen atoms in total. The summed E-state index contributed by atoms with van der Waals surface area (Å²) in [5.41, 5.74) is 7.75. The first-order valence-corrected chi connectivity index (χ1v) is 6.47.